The van der Waals surface area contributed by atoms with Crippen molar-refractivity contribution >= 4 is 94.1 Å². The number of benzene rings is 2. The minimum absolute atomic E-state index is 0.0150. The molecule has 44 heteroatoms. The Hall–Kier alpha value is -9.72. The number of carbonyl (C=O) groups excluding carboxylic acids is 4. The van der Waals surface area contributed by atoms with Crippen molar-refractivity contribution in [1.29, 1.82) is 0 Å². The predicted molar refractivity (Wildman–Crippen MR) is 321 cm³/mol. The van der Waals surface area contributed by atoms with E-state index in [1.165, 1.54) is 0 Å². The minimum Gasteiger partial charge on any atom is -0.481 e. The molecule has 1 aliphatic carbocycles. The van der Waals surface area contributed by atoms with Gasteiger partial charge in [0.2, 0.25) is 11.8 Å². The van der Waals surface area contributed by atoms with Gasteiger partial charge in [-0.2, -0.15) is 52.7 Å². The molecule has 4 rings (SSSR count). The molecule has 14 N–H and O–H groups in total. The Labute approximate surface area is 569 Å². The summed E-state index contributed by atoms with van der Waals surface area (Å²) in [5.41, 5.74) is 0.866. The molecule has 0 unspecified atom stereocenters. The van der Waals surface area contributed by atoms with Gasteiger partial charge in [-0.3, -0.25) is 53.2 Å². The quantitative estimate of drug-likeness (QED) is 0.0429. The molecule has 576 valence electrons. The number of carbonyl (C=O) groups is 14. The molecule has 0 bridgehead atoms. The Bertz CT molecular complexity index is 3010. The zero-order chi connectivity index (χ0) is 78.5. The molecule has 2 aliphatic rings. The van der Waals surface area contributed by atoms with Crippen LogP contribution in [0.15, 0.2) is 42.5 Å². The molecule has 2 aromatic rings. The van der Waals surface area contributed by atoms with Crippen molar-refractivity contribution in [2.45, 2.75) is 107 Å². The predicted octanol–water partition coefficient (Wildman–Crippen LogP) is 3.25. The summed E-state index contributed by atoms with van der Waals surface area (Å²) in [6.45, 7) is 1.85. The van der Waals surface area contributed by atoms with Gasteiger partial charge in [0, 0.05) is 90.1 Å². The third-order valence-corrected chi connectivity index (χ3v) is 14.4. The number of hydrogen-bond donors (Lipinski definition) is 14. The van der Waals surface area contributed by atoms with E-state index in [1.54, 1.807) is 14.7 Å². The smallest absolute Gasteiger partial charge is 0.481 e. The zero-order valence-corrected chi connectivity index (χ0v) is 53.6. The lowest BCUT2D eigenvalue weighted by Crippen LogP contribution is -2.51. The number of hydrogen-bond acceptors (Lipinski definition) is 18. The summed E-state index contributed by atoms with van der Waals surface area (Å²) in [5.74, 6) is -19.9. The number of rotatable bonds is 28. The van der Waals surface area contributed by atoms with Crippen LogP contribution in [-0.4, -0.2) is 282 Å². The highest BCUT2D eigenvalue weighted by molar-refractivity contribution is 5.89. The Morgan fingerprint density at radius 3 is 1.19 bits per heavy atom. The monoisotopic (exact) mass is 1500 g/mol. The molecule has 32 nitrogen and oxygen atoms in total. The van der Waals surface area contributed by atoms with Gasteiger partial charge >= 0.3 is 90.4 Å². The van der Waals surface area contributed by atoms with Gasteiger partial charge in [0.05, 0.1) is 26.2 Å². The summed E-state index contributed by atoms with van der Waals surface area (Å²) in [7, 11) is 0. The Morgan fingerprint density at radius 2 is 0.824 bits per heavy atom. The SMILES string of the molecule is O=C(O)C(F)(F)F.O=C(O)C(F)(F)F.O=C(O)C(F)(F)F.O=C(O)C(F)(F)F.O=C(O)CC[C@H](NC(=O)N[C@@H](CCCCNC(=O)[C@@H](CC(=O)C1CCC(CNC(=O)CN2CCN(CC(=O)O)CCN(CC(=O)O)CCN(CC(=O)O)CC2)CC1)Cc1ccc2ccccc2c1)C(=O)O)C(=O)O. The maximum Gasteiger partial charge on any atom is 0.490 e. The van der Waals surface area contributed by atoms with Crippen molar-refractivity contribution in [3.05, 3.63) is 48.0 Å². The number of aliphatic carboxylic acids is 10. The van der Waals surface area contributed by atoms with Crippen LogP contribution in [0.3, 0.4) is 0 Å². The van der Waals surface area contributed by atoms with Crippen LogP contribution in [0.4, 0.5) is 57.5 Å². The molecule has 4 amide bonds. The van der Waals surface area contributed by atoms with E-state index < -0.39 is 121 Å². The Kier molecular flexibility index (Phi) is 40.9. The Morgan fingerprint density at radius 1 is 0.451 bits per heavy atom. The summed E-state index contributed by atoms with van der Waals surface area (Å²) in [6.07, 6.45) is -18.0. The van der Waals surface area contributed by atoms with Gasteiger partial charge in [-0.05, 0) is 80.0 Å². The first-order valence-corrected chi connectivity index (χ1v) is 30.1. The van der Waals surface area contributed by atoms with E-state index in [1.807, 2.05) is 47.4 Å². The highest BCUT2D eigenvalue weighted by atomic mass is 19.4. The molecule has 1 heterocycles. The molecule has 0 spiro atoms. The molecule has 3 atom stereocenters. The summed E-state index contributed by atoms with van der Waals surface area (Å²) in [4.78, 5) is 165. The zero-order valence-electron chi connectivity index (χ0n) is 53.6. The standard InChI is InChI=1S/C50H72N8O16.4C2HF3O2/c59-41(36-12-8-33(9-13-36)28-52-42(60)29-55-17-19-56(30-44(63)64)21-23-58(32-46(67)68)24-22-57(20-18-55)31-45(65)66)27-38(26-34-10-11-35-5-1-2-6-37(35)25-34)47(69)51-16-4-3-7-39(48(70)71)53-50(74)54-40(49(72)73)14-15-43(61)62;4*3-2(4,5)1(6)7/h1-2,5-6,10-11,25,33,36,38-40H,3-4,7-9,12-24,26-32H2,(H,51,69)(H,52,60)(H,61,62)(H,63,64)(H,65,66)(H,67,68)(H,70,71)(H,72,73)(H2,53,54,74);4*(H,6,7)/t33?,36?,38-,39+,40+;;;;/m1..../s1. The van der Waals surface area contributed by atoms with E-state index in [4.69, 9.17) is 44.7 Å². The summed E-state index contributed by atoms with van der Waals surface area (Å²) >= 11 is 0. The summed E-state index contributed by atoms with van der Waals surface area (Å²) in [6, 6.07) is 9.61. The number of Topliss-reactive ketones (excluding diaryl/α,β-unsaturated/α-hetero) is 1. The molecule has 1 aliphatic heterocycles. The molecular formula is C58H76F12N8O24. The maximum atomic E-state index is 13.9. The van der Waals surface area contributed by atoms with Crippen LogP contribution in [0.1, 0.15) is 69.8 Å². The van der Waals surface area contributed by atoms with Crippen molar-refractivity contribution in [2.75, 3.05) is 91.6 Å². The second kappa shape index (κ2) is 45.2. The topological polar surface area (TPSA) is 502 Å². The average molecular weight is 1500 g/mol. The number of urea groups is 1. The largest absolute Gasteiger partial charge is 0.490 e. The van der Waals surface area contributed by atoms with Gasteiger partial charge in [0.25, 0.3) is 0 Å². The van der Waals surface area contributed by atoms with Crippen LogP contribution < -0.4 is 21.3 Å². The van der Waals surface area contributed by atoms with E-state index >= 15 is 0 Å². The van der Waals surface area contributed by atoms with E-state index in [0.29, 0.717) is 51.7 Å². The average Bonchev–Trinajstić information content (AvgIpc) is 0.834. The van der Waals surface area contributed by atoms with Gasteiger partial charge in [0.15, 0.2) is 0 Å². The van der Waals surface area contributed by atoms with Crippen molar-refractivity contribution in [1.82, 2.24) is 40.9 Å². The van der Waals surface area contributed by atoms with E-state index in [0.717, 1.165) is 16.3 Å². The van der Waals surface area contributed by atoms with E-state index in [-0.39, 0.29) is 127 Å². The number of amides is 4. The number of nitrogens with one attached hydrogen (secondary N) is 4. The third-order valence-electron chi connectivity index (χ3n) is 14.4. The van der Waals surface area contributed by atoms with E-state index in [9.17, 15) is 126 Å². The van der Waals surface area contributed by atoms with Gasteiger partial charge in [-0.25, -0.2) is 33.6 Å². The third kappa shape index (κ3) is 42.4. The highest BCUT2D eigenvalue weighted by Gasteiger charge is 2.41. The fourth-order valence-electron chi connectivity index (χ4n) is 9.28. The molecule has 102 heavy (non-hydrogen) atoms. The number of unbranched alkanes of at least 4 members (excludes halogenated alkanes) is 1. The van der Waals surface area contributed by atoms with Crippen LogP contribution in [0, 0.1) is 17.8 Å². The molecule has 1 saturated heterocycles. The fourth-order valence-corrected chi connectivity index (χ4v) is 9.28. The lowest BCUT2D eigenvalue weighted by atomic mass is 9.77. The van der Waals surface area contributed by atoms with Crippen molar-refractivity contribution in [3.8, 4) is 0 Å². The molecule has 2 fully saturated rings. The number of fused-ring (bicyclic) bond motifs is 1. The van der Waals surface area contributed by atoms with Crippen LogP contribution in [-0.2, 0) is 68.7 Å². The van der Waals surface area contributed by atoms with Gasteiger partial charge in [-0.15, -0.1) is 0 Å². The van der Waals surface area contributed by atoms with Crippen LogP contribution in [0.5, 0.6) is 0 Å². The minimum atomic E-state index is -5.08. The number of carboxylic acid groups (broad SMARTS) is 10. The molecule has 1 saturated carbocycles. The van der Waals surface area contributed by atoms with Crippen molar-refractivity contribution in [2.24, 2.45) is 17.8 Å². The second-order valence-corrected chi connectivity index (χ2v) is 22.4. The first-order valence-electron chi connectivity index (χ1n) is 30.1. The highest BCUT2D eigenvalue weighted by Crippen LogP contribution is 2.32. The molecule has 0 aromatic heterocycles. The fraction of sp³-hybridized carbons (Fsp3) is 0.586. The number of alkyl halides is 12. The Balaban J connectivity index is 0.00000303. The van der Waals surface area contributed by atoms with Crippen LogP contribution in [0.25, 0.3) is 10.8 Å². The van der Waals surface area contributed by atoms with E-state index in [2.05, 4.69) is 21.3 Å². The molecular weight excluding hydrogens is 1420 g/mol. The van der Waals surface area contributed by atoms with Crippen LogP contribution in [0.2, 0.25) is 0 Å². The first kappa shape index (κ1) is 92.3. The number of carboxylic acids is 10. The second-order valence-electron chi connectivity index (χ2n) is 22.4. The van der Waals surface area contributed by atoms with Crippen LogP contribution >= 0.6 is 0 Å². The first-order chi connectivity index (χ1) is 47.0. The number of nitrogens with zero attached hydrogens (tertiary/aromatic N) is 4. The van der Waals surface area contributed by atoms with Gasteiger partial charge in [-0.1, -0.05) is 42.5 Å². The molecule has 0 radical (unpaired) electrons. The summed E-state index contributed by atoms with van der Waals surface area (Å²) < 4.78 is 127. The number of halogens is 12. The lowest BCUT2D eigenvalue weighted by Gasteiger charge is -2.33. The number of ketones is 1. The maximum absolute atomic E-state index is 13.9. The van der Waals surface area contributed by atoms with Gasteiger partial charge < -0.3 is 72.3 Å². The molecule has 2 aromatic carbocycles. The summed E-state index contributed by atoms with van der Waals surface area (Å²) in [5, 5.41) is 97.1. The lowest BCUT2D eigenvalue weighted by molar-refractivity contribution is -0.193. The van der Waals surface area contributed by atoms with Crippen molar-refractivity contribution < 1.29 is 171 Å². The normalized spacial score (nSPS) is 16.7. The van der Waals surface area contributed by atoms with Gasteiger partial charge in [0.1, 0.15) is 17.9 Å². The van der Waals surface area contributed by atoms with Crippen molar-refractivity contribution in [3.63, 3.8) is 0 Å².